The Morgan fingerprint density at radius 3 is 2.45 bits per heavy atom. The van der Waals surface area contributed by atoms with Gasteiger partial charge in [-0.1, -0.05) is 67.1 Å². The van der Waals surface area contributed by atoms with Gasteiger partial charge < -0.3 is 10.5 Å². The third-order valence-corrected chi connectivity index (χ3v) is 3.50. The van der Waals surface area contributed by atoms with E-state index in [1.807, 2.05) is 18.2 Å². The van der Waals surface area contributed by atoms with Crippen molar-refractivity contribution in [2.45, 2.75) is 39.0 Å². The van der Waals surface area contributed by atoms with Crippen molar-refractivity contribution < 1.29 is 4.74 Å². The molecule has 0 aliphatic carbocycles. The molecule has 0 heterocycles. The zero-order chi connectivity index (χ0) is 14.4. The lowest BCUT2D eigenvalue weighted by atomic mass is 9.99. The molecule has 0 saturated heterocycles. The molecule has 0 amide bonds. The molecule has 20 heavy (non-hydrogen) atoms. The Labute approximate surface area is 121 Å². The van der Waals surface area contributed by atoms with Crippen molar-refractivity contribution in [3.63, 3.8) is 0 Å². The Bertz CT molecular complexity index is 524. The number of rotatable bonds is 6. The van der Waals surface area contributed by atoms with E-state index >= 15 is 0 Å². The van der Waals surface area contributed by atoms with Crippen LogP contribution in [0.4, 0.5) is 0 Å². The SMILES string of the molecule is CCC(N)C(OCc1ccccc1)c1cccc(C)c1. The highest BCUT2D eigenvalue weighted by molar-refractivity contribution is 5.25. The number of nitrogens with two attached hydrogens (primary N) is 1. The molecule has 0 aliphatic rings. The topological polar surface area (TPSA) is 35.2 Å². The number of benzene rings is 2. The average Bonchev–Trinajstić information content (AvgIpc) is 2.48. The highest BCUT2D eigenvalue weighted by atomic mass is 16.5. The number of ether oxygens (including phenoxy) is 1. The smallest absolute Gasteiger partial charge is 0.0980 e. The van der Waals surface area contributed by atoms with Crippen LogP contribution in [-0.2, 0) is 11.3 Å². The van der Waals surface area contributed by atoms with Crippen LogP contribution < -0.4 is 5.73 Å². The largest absolute Gasteiger partial charge is 0.367 e. The van der Waals surface area contributed by atoms with Crippen LogP contribution in [-0.4, -0.2) is 6.04 Å². The predicted octanol–water partition coefficient (Wildman–Crippen LogP) is 3.99. The molecule has 2 aromatic carbocycles. The fraction of sp³-hybridized carbons (Fsp3) is 0.333. The highest BCUT2D eigenvalue weighted by Crippen LogP contribution is 2.24. The number of hydrogen-bond acceptors (Lipinski definition) is 2. The lowest BCUT2D eigenvalue weighted by Gasteiger charge is -2.24. The summed E-state index contributed by atoms with van der Waals surface area (Å²) in [6.07, 6.45) is 0.841. The van der Waals surface area contributed by atoms with E-state index < -0.39 is 0 Å². The molecular weight excluding hydrogens is 246 g/mol. The molecule has 0 aliphatic heterocycles. The summed E-state index contributed by atoms with van der Waals surface area (Å²) in [5.74, 6) is 0. The van der Waals surface area contributed by atoms with Crippen molar-refractivity contribution in [1.29, 1.82) is 0 Å². The Balaban J connectivity index is 2.12. The van der Waals surface area contributed by atoms with Crippen LogP contribution >= 0.6 is 0 Å². The van der Waals surface area contributed by atoms with E-state index in [1.54, 1.807) is 0 Å². The van der Waals surface area contributed by atoms with Crippen LogP contribution in [0.15, 0.2) is 54.6 Å². The van der Waals surface area contributed by atoms with Gasteiger partial charge in [-0.2, -0.15) is 0 Å². The third-order valence-electron chi connectivity index (χ3n) is 3.50. The van der Waals surface area contributed by atoms with Gasteiger partial charge in [0.25, 0.3) is 0 Å². The molecule has 2 N–H and O–H groups in total. The van der Waals surface area contributed by atoms with Gasteiger partial charge in [-0.25, -0.2) is 0 Å². The van der Waals surface area contributed by atoms with Gasteiger partial charge in [0.15, 0.2) is 0 Å². The van der Waals surface area contributed by atoms with Crippen molar-refractivity contribution in [3.05, 3.63) is 71.3 Å². The van der Waals surface area contributed by atoms with Crippen molar-refractivity contribution in [1.82, 2.24) is 0 Å². The third kappa shape index (κ3) is 3.92. The summed E-state index contributed by atoms with van der Waals surface area (Å²) < 4.78 is 6.10. The van der Waals surface area contributed by atoms with Crippen molar-refractivity contribution in [2.75, 3.05) is 0 Å². The Hall–Kier alpha value is -1.64. The zero-order valence-corrected chi connectivity index (χ0v) is 12.3. The minimum atomic E-state index is -0.0555. The molecule has 106 valence electrons. The normalized spacial score (nSPS) is 13.9. The first-order valence-electron chi connectivity index (χ1n) is 7.18. The van der Waals surface area contributed by atoms with E-state index in [9.17, 15) is 0 Å². The number of aryl methyl sites for hydroxylation is 1. The van der Waals surface area contributed by atoms with Gasteiger partial charge in [-0.05, 0) is 24.5 Å². The van der Waals surface area contributed by atoms with E-state index in [0.29, 0.717) is 6.61 Å². The summed E-state index contributed by atoms with van der Waals surface area (Å²) in [7, 11) is 0. The molecule has 2 rings (SSSR count). The van der Waals surface area contributed by atoms with Crippen LogP contribution in [0.3, 0.4) is 0 Å². The van der Waals surface area contributed by atoms with Gasteiger partial charge >= 0.3 is 0 Å². The first-order valence-corrected chi connectivity index (χ1v) is 7.18. The minimum absolute atomic E-state index is 0.0144. The van der Waals surface area contributed by atoms with Crippen LogP contribution in [0, 0.1) is 6.92 Å². The highest BCUT2D eigenvalue weighted by Gasteiger charge is 2.19. The standard InChI is InChI=1S/C18H23NO/c1-3-17(19)18(16-11-7-8-14(2)12-16)20-13-15-9-5-4-6-10-15/h4-12,17-18H,3,13,19H2,1-2H3. The molecule has 2 unspecified atom stereocenters. The Morgan fingerprint density at radius 2 is 1.80 bits per heavy atom. The molecule has 0 saturated carbocycles. The fourth-order valence-electron chi connectivity index (χ4n) is 2.29. The molecule has 0 spiro atoms. The maximum atomic E-state index is 6.24. The molecule has 0 bridgehead atoms. The van der Waals surface area contributed by atoms with E-state index in [4.69, 9.17) is 10.5 Å². The van der Waals surface area contributed by atoms with Gasteiger partial charge in [0.1, 0.15) is 0 Å². The maximum absolute atomic E-state index is 6.24. The van der Waals surface area contributed by atoms with Crippen LogP contribution in [0.1, 0.15) is 36.1 Å². The summed E-state index contributed by atoms with van der Waals surface area (Å²) in [5, 5.41) is 0. The van der Waals surface area contributed by atoms with E-state index in [2.05, 4.69) is 50.2 Å². The first-order chi connectivity index (χ1) is 9.70. The van der Waals surface area contributed by atoms with E-state index in [0.717, 1.165) is 12.0 Å². The van der Waals surface area contributed by atoms with Gasteiger partial charge in [-0.15, -0.1) is 0 Å². The van der Waals surface area contributed by atoms with E-state index in [-0.39, 0.29) is 12.1 Å². The minimum Gasteiger partial charge on any atom is -0.367 e. The molecule has 0 aromatic heterocycles. The van der Waals surface area contributed by atoms with Crippen molar-refractivity contribution in [2.24, 2.45) is 5.73 Å². The van der Waals surface area contributed by atoms with Crippen molar-refractivity contribution >= 4 is 0 Å². The zero-order valence-electron chi connectivity index (χ0n) is 12.3. The van der Waals surface area contributed by atoms with Crippen LogP contribution in [0.25, 0.3) is 0 Å². The van der Waals surface area contributed by atoms with Crippen molar-refractivity contribution in [3.8, 4) is 0 Å². The summed E-state index contributed by atoms with van der Waals surface area (Å²) in [4.78, 5) is 0. The predicted molar refractivity (Wildman–Crippen MR) is 83.4 cm³/mol. The summed E-state index contributed by atoms with van der Waals surface area (Å²) in [5.41, 5.74) is 9.81. The second-order valence-electron chi connectivity index (χ2n) is 5.20. The van der Waals surface area contributed by atoms with Gasteiger partial charge in [-0.3, -0.25) is 0 Å². The molecule has 0 radical (unpaired) electrons. The molecule has 2 heteroatoms. The second kappa shape index (κ2) is 7.22. The Morgan fingerprint density at radius 1 is 1.05 bits per heavy atom. The van der Waals surface area contributed by atoms with E-state index in [1.165, 1.54) is 11.1 Å². The van der Waals surface area contributed by atoms with Crippen LogP contribution in [0.5, 0.6) is 0 Å². The summed E-state index contributed by atoms with van der Waals surface area (Å²) in [6, 6.07) is 18.6. The molecule has 2 nitrogen and oxygen atoms in total. The quantitative estimate of drug-likeness (QED) is 0.860. The lowest BCUT2D eigenvalue weighted by Crippen LogP contribution is -2.29. The fourth-order valence-corrected chi connectivity index (χ4v) is 2.29. The summed E-state index contributed by atoms with van der Waals surface area (Å²) >= 11 is 0. The number of hydrogen-bond donors (Lipinski definition) is 1. The average molecular weight is 269 g/mol. The molecule has 2 aromatic rings. The monoisotopic (exact) mass is 269 g/mol. The van der Waals surface area contributed by atoms with Gasteiger partial charge in [0.05, 0.1) is 12.7 Å². The summed E-state index contributed by atoms with van der Waals surface area (Å²) in [6.45, 7) is 4.78. The Kier molecular flexibility index (Phi) is 5.33. The first kappa shape index (κ1) is 14.8. The van der Waals surface area contributed by atoms with Gasteiger partial charge in [0.2, 0.25) is 0 Å². The molecule has 0 fully saturated rings. The van der Waals surface area contributed by atoms with Crippen LogP contribution in [0.2, 0.25) is 0 Å². The lowest BCUT2D eigenvalue weighted by molar-refractivity contribution is 0.0212. The maximum Gasteiger partial charge on any atom is 0.0980 e. The molecular formula is C18H23NO. The second-order valence-corrected chi connectivity index (χ2v) is 5.20. The van der Waals surface area contributed by atoms with Gasteiger partial charge in [0, 0.05) is 6.04 Å². The molecule has 2 atom stereocenters.